The molecule has 0 fully saturated rings. The molecule has 0 aliphatic heterocycles. The molecular formula is C22H15F3O3. The highest BCUT2D eigenvalue weighted by Gasteiger charge is 2.31. The first kappa shape index (κ1) is 19.4. The lowest BCUT2D eigenvalue weighted by atomic mass is 9.99. The van der Waals surface area contributed by atoms with E-state index in [0.717, 1.165) is 24.3 Å². The van der Waals surface area contributed by atoms with Gasteiger partial charge in [0.05, 0.1) is 11.1 Å². The summed E-state index contributed by atoms with van der Waals surface area (Å²) in [5, 5.41) is 0. The summed E-state index contributed by atoms with van der Waals surface area (Å²) in [7, 11) is 0. The molecule has 1 atom stereocenters. The van der Waals surface area contributed by atoms with E-state index in [2.05, 4.69) is 0 Å². The first-order chi connectivity index (χ1) is 13.4. The molecule has 3 rings (SSSR count). The second kappa shape index (κ2) is 8.08. The molecule has 0 heterocycles. The quantitative estimate of drug-likeness (QED) is 0.432. The Kier molecular flexibility index (Phi) is 5.59. The SMILES string of the molecule is O=C(O[C@@H](C(=O)c1ccccc1)c1ccccc1)c1ccc(C(F)(F)F)cc1. The van der Waals surface area contributed by atoms with Crippen molar-refractivity contribution in [2.24, 2.45) is 0 Å². The third-order valence-corrected chi connectivity index (χ3v) is 4.07. The lowest BCUT2D eigenvalue weighted by Crippen LogP contribution is -2.20. The van der Waals surface area contributed by atoms with Gasteiger partial charge in [-0.25, -0.2) is 4.79 Å². The molecule has 0 unspecified atom stereocenters. The minimum absolute atomic E-state index is 0.0743. The van der Waals surface area contributed by atoms with E-state index in [-0.39, 0.29) is 5.56 Å². The van der Waals surface area contributed by atoms with E-state index < -0.39 is 29.6 Å². The van der Waals surface area contributed by atoms with Crippen molar-refractivity contribution in [2.45, 2.75) is 12.3 Å². The Morgan fingerprint density at radius 2 is 1.25 bits per heavy atom. The number of ether oxygens (including phenoxy) is 1. The number of halogens is 3. The van der Waals surface area contributed by atoms with Gasteiger partial charge >= 0.3 is 12.1 Å². The van der Waals surface area contributed by atoms with Gasteiger partial charge in [0.2, 0.25) is 5.78 Å². The van der Waals surface area contributed by atoms with E-state index in [1.54, 1.807) is 60.7 Å². The van der Waals surface area contributed by atoms with E-state index in [1.807, 2.05) is 0 Å². The molecule has 0 aliphatic carbocycles. The molecule has 6 heteroatoms. The zero-order valence-electron chi connectivity index (χ0n) is 14.5. The minimum Gasteiger partial charge on any atom is -0.445 e. The summed E-state index contributed by atoms with van der Waals surface area (Å²) in [6, 6.07) is 20.4. The van der Waals surface area contributed by atoms with Crippen LogP contribution >= 0.6 is 0 Å². The van der Waals surface area contributed by atoms with Crippen LogP contribution in [0, 0.1) is 0 Å². The van der Waals surface area contributed by atoms with Gasteiger partial charge in [-0.05, 0) is 24.3 Å². The Labute approximate surface area is 159 Å². The third-order valence-electron chi connectivity index (χ3n) is 4.07. The van der Waals surface area contributed by atoms with E-state index in [0.29, 0.717) is 11.1 Å². The molecule has 0 saturated heterocycles. The normalized spacial score (nSPS) is 12.2. The van der Waals surface area contributed by atoms with Crippen LogP contribution in [0.1, 0.15) is 37.9 Å². The average Bonchev–Trinajstić information content (AvgIpc) is 2.72. The summed E-state index contributed by atoms with van der Waals surface area (Å²) in [6.45, 7) is 0. The fourth-order valence-corrected chi connectivity index (χ4v) is 2.62. The largest absolute Gasteiger partial charge is 0.445 e. The second-order valence-electron chi connectivity index (χ2n) is 6.00. The van der Waals surface area contributed by atoms with Crippen molar-refractivity contribution in [1.82, 2.24) is 0 Å². The molecule has 3 aromatic rings. The lowest BCUT2D eigenvalue weighted by Gasteiger charge is -2.18. The highest BCUT2D eigenvalue weighted by Crippen LogP contribution is 2.30. The maximum Gasteiger partial charge on any atom is 0.416 e. The zero-order valence-corrected chi connectivity index (χ0v) is 14.5. The van der Waals surface area contributed by atoms with Crippen molar-refractivity contribution in [2.75, 3.05) is 0 Å². The monoisotopic (exact) mass is 384 g/mol. The van der Waals surface area contributed by atoms with Crippen molar-refractivity contribution in [3.8, 4) is 0 Å². The number of benzene rings is 3. The van der Waals surface area contributed by atoms with Crippen LogP contribution in [-0.4, -0.2) is 11.8 Å². The molecule has 0 amide bonds. The van der Waals surface area contributed by atoms with Crippen LogP contribution in [0.2, 0.25) is 0 Å². The zero-order chi connectivity index (χ0) is 20.1. The van der Waals surface area contributed by atoms with E-state index >= 15 is 0 Å². The smallest absolute Gasteiger partial charge is 0.416 e. The highest BCUT2D eigenvalue weighted by atomic mass is 19.4. The van der Waals surface area contributed by atoms with Crippen LogP contribution in [0.5, 0.6) is 0 Å². The minimum atomic E-state index is -4.50. The maximum atomic E-state index is 12.9. The first-order valence-corrected chi connectivity index (χ1v) is 8.39. The summed E-state index contributed by atoms with van der Waals surface area (Å²) < 4.78 is 43.4. The van der Waals surface area contributed by atoms with Crippen molar-refractivity contribution < 1.29 is 27.5 Å². The van der Waals surface area contributed by atoms with E-state index in [9.17, 15) is 22.8 Å². The molecule has 28 heavy (non-hydrogen) atoms. The number of hydrogen-bond donors (Lipinski definition) is 0. The number of hydrogen-bond acceptors (Lipinski definition) is 3. The Bertz CT molecular complexity index is 950. The molecule has 142 valence electrons. The second-order valence-corrected chi connectivity index (χ2v) is 6.00. The molecule has 0 N–H and O–H groups in total. The van der Waals surface area contributed by atoms with Crippen molar-refractivity contribution >= 4 is 11.8 Å². The van der Waals surface area contributed by atoms with E-state index in [4.69, 9.17) is 4.74 Å². The maximum absolute atomic E-state index is 12.9. The number of Topliss-reactive ketones (excluding diaryl/α,β-unsaturated/α-hetero) is 1. The summed E-state index contributed by atoms with van der Waals surface area (Å²) in [5.41, 5.74) is -0.119. The number of esters is 1. The number of ketones is 1. The first-order valence-electron chi connectivity index (χ1n) is 8.39. The van der Waals surface area contributed by atoms with Gasteiger partial charge in [0.15, 0.2) is 6.10 Å². The lowest BCUT2D eigenvalue weighted by molar-refractivity contribution is -0.137. The van der Waals surface area contributed by atoms with Crippen molar-refractivity contribution in [3.63, 3.8) is 0 Å². The Hall–Kier alpha value is -3.41. The highest BCUT2D eigenvalue weighted by molar-refractivity contribution is 6.02. The van der Waals surface area contributed by atoms with Gasteiger partial charge in [0.25, 0.3) is 0 Å². The van der Waals surface area contributed by atoms with Gasteiger partial charge in [-0.3, -0.25) is 4.79 Å². The predicted molar refractivity (Wildman–Crippen MR) is 96.8 cm³/mol. The average molecular weight is 384 g/mol. The Morgan fingerprint density at radius 1 is 0.714 bits per heavy atom. The van der Waals surface area contributed by atoms with Gasteiger partial charge in [-0.2, -0.15) is 13.2 Å². The molecular weight excluding hydrogens is 369 g/mol. The number of carbonyl (C=O) groups excluding carboxylic acids is 2. The number of carbonyl (C=O) groups is 2. The van der Waals surface area contributed by atoms with Crippen LogP contribution < -0.4 is 0 Å². The summed E-state index contributed by atoms with van der Waals surface area (Å²) in [6.07, 6.45) is -5.71. The van der Waals surface area contributed by atoms with Crippen LogP contribution in [0.4, 0.5) is 13.2 Å². The molecule has 0 radical (unpaired) electrons. The molecule has 0 aromatic heterocycles. The van der Waals surface area contributed by atoms with Crippen molar-refractivity contribution in [1.29, 1.82) is 0 Å². The third kappa shape index (κ3) is 4.46. The fraction of sp³-hybridized carbons (Fsp3) is 0.0909. The van der Waals surface area contributed by atoms with Gasteiger partial charge in [-0.15, -0.1) is 0 Å². The topological polar surface area (TPSA) is 43.4 Å². The molecule has 3 nitrogen and oxygen atoms in total. The number of alkyl halides is 3. The molecule has 0 bridgehead atoms. The van der Waals surface area contributed by atoms with Crippen LogP contribution in [-0.2, 0) is 10.9 Å². The van der Waals surface area contributed by atoms with Crippen LogP contribution in [0.15, 0.2) is 84.9 Å². The Morgan fingerprint density at radius 3 is 1.79 bits per heavy atom. The van der Waals surface area contributed by atoms with Crippen molar-refractivity contribution in [3.05, 3.63) is 107 Å². The van der Waals surface area contributed by atoms with Gasteiger partial charge in [0.1, 0.15) is 0 Å². The predicted octanol–water partition coefficient (Wildman–Crippen LogP) is 5.49. The number of rotatable bonds is 5. The molecule has 0 aliphatic rings. The van der Waals surface area contributed by atoms with Crippen LogP contribution in [0.3, 0.4) is 0 Å². The van der Waals surface area contributed by atoms with Gasteiger partial charge in [0, 0.05) is 11.1 Å². The fourth-order valence-electron chi connectivity index (χ4n) is 2.62. The summed E-state index contributed by atoms with van der Waals surface area (Å²) in [5.74, 6) is -1.31. The summed E-state index contributed by atoms with van der Waals surface area (Å²) in [4.78, 5) is 25.3. The van der Waals surface area contributed by atoms with Crippen LogP contribution in [0.25, 0.3) is 0 Å². The van der Waals surface area contributed by atoms with Gasteiger partial charge < -0.3 is 4.74 Å². The molecule has 0 saturated carbocycles. The summed E-state index contributed by atoms with van der Waals surface area (Å²) >= 11 is 0. The van der Waals surface area contributed by atoms with Gasteiger partial charge in [-0.1, -0.05) is 60.7 Å². The van der Waals surface area contributed by atoms with E-state index in [1.165, 1.54) is 0 Å². The molecule has 3 aromatic carbocycles. The standard InChI is InChI=1S/C22H15F3O3/c23-22(24,25)18-13-11-17(12-14-18)21(27)28-20(16-9-5-2-6-10-16)19(26)15-7-3-1-4-8-15/h1-14,20H/t20-/m1/s1. The molecule has 0 spiro atoms. The Balaban J connectivity index is 1.87.